The minimum Gasteiger partial charge on any atom is -0.452 e. The molecular formula is C17H16BrClN2O5S. The van der Waals surface area contributed by atoms with Crippen molar-refractivity contribution in [2.75, 3.05) is 26.0 Å². The maximum absolute atomic E-state index is 12.2. The summed E-state index contributed by atoms with van der Waals surface area (Å²) in [5.41, 5.74) is 0.498. The average molecular weight is 476 g/mol. The molecule has 27 heavy (non-hydrogen) atoms. The van der Waals surface area contributed by atoms with Crippen molar-refractivity contribution in [1.29, 1.82) is 0 Å². The smallest absolute Gasteiger partial charge is 0.339 e. The first-order valence-corrected chi connectivity index (χ1v) is 10.2. The molecule has 10 heteroatoms. The third-order valence-corrected chi connectivity index (χ3v) is 6.39. The highest BCUT2D eigenvalue weighted by Gasteiger charge is 2.21. The fourth-order valence-corrected chi connectivity index (χ4v) is 3.85. The summed E-state index contributed by atoms with van der Waals surface area (Å²) in [6, 6.07) is 10.7. The maximum atomic E-state index is 12.2. The average Bonchev–Trinajstić information content (AvgIpc) is 2.61. The molecule has 0 saturated carbocycles. The Labute approximate surface area is 170 Å². The molecular weight excluding hydrogens is 460 g/mol. The minimum atomic E-state index is -3.77. The van der Waals surface area contributed by atoms with E-state index in [0.29, 0.717) is 4.47 Å². The number of nitrogens with one attached hydrogen (secondary N) is 1. The lowest BCUT2D eigenvalue weighted by molar-refractivity contribution is -0.119. The number of hydrogen-bond donors (Lipinski definition) is 1. The summed E-state index contributed by atoms with van der Waals surface area (Å²) in [6.07, 6.45) is 0. The summed E-state index contributed by atoms with van der Waals surface area (Å²) >= 11 is 9.18. The van der Waals surface area contributed by atoms with Gasteiger partial charge in [0.2, 0.25) is 10.0 Å². The number of hydrogen-bond acceptors (Lipinski definition) is 5. The van der Waals surface area contributed by atoms with Gasteiger partial charge in [-0.25, -0.2) is 17.5 Å². The monoisotopic (exact) mass is 474 g/mol. The first kappa shape index (κ1) is 21.4. The number of nitrogens with zero attached hydrogens (tertiary/aromatic N) is 1. The molecule has 2 aromatic carbocycles. The molecule has 0 fully saturated rings. The lowest BCUT2D eigenvalue weighted by Gasteiger charge is -2.14. The first-order chi connectivity index (χ1) is 12.6. The topological polar surface area (TPSA) is 92.8 Å². The van der Waals surface area contributed by atoms with Crippen molar-refractivity contribution in [2.24, 2.45) is 0 Å². The Morgan fingerprint density at radius 1 is 1.19 bits per heavy atom. The van der Waals surface area contributed by atoms with Gasteiger partial charge in [-0.3, -0.25) is 4.79 Å². The van der Waals surface area contributed by atoms with Crippen LogP contribution in [0.1, 0.15) is 10.4 Å². The first-order valence-electron chi connectivity index (χ1n) is 7.56. The van der Waals surface area contributed by atoms with E-state index in [1.54, 1.807) is 24.3 Å². The van der Waals surface area contributed by atoms with E-state index >= 15 is 0 Å². The van der Waals surface area contributed by atoms with Crippen LogP contribution >= 0.6 is 27.5 Å². The molecule has 0 aliphatic rings. The number of anilines is 1. The molecule has 2 aromatic rings. The number of carbonyl (C=O) groups is 2. The number of sulfonamides is 1. The van der Waals surface area contributed by atoms with Crippen LogP contribution in [0.25, 0.3) is 0 Å². The van der Waals surface area contributed by atoms with Gasteiger partial charge in [0.25, 0.3) is 5.91 Å². The number of carbonyl (C=O) groups excluding carboxylic acids is 2. The van der Waals surface area contributed by atoms with Gasteiger partial charge in [-0.15, -0.1) is 0 Å². The molecule has 0 aliphatic heterocycles. The highest BCUT2D eigenvalue weighted by atomic mass is 79.9. The van der Waals surface area contributed by atoms with Gasteiger partial charge in [0.1, 0.15) is 4.90 Å². The van der Waals surface area contributed by atoms with Crippen molar-refractivity contribution in [2.45, 2.75) is 4.90 Å². The second kappa shape index (κ2) is 8.83. The molecule has 144 valence electrons. The fourth-order valence-electron chi connectivity index (χ4n) is 2.01. The molecule has 1 amide bonds. The Bertz CT molecular complexity index is 979. The third-order valence-electron chi connectivity index (χ3n) is 3.40. The van der Waals surface area contributed by atoms with Crippen LogP contribution in [0.4, 0.5) is 5.69 Å². The normalized spacial score (nSPS) is 11.3. The molecule has 0 aliphatic carbocycles. The number of esters is 1. The molecule has 0 unspecified atom stereocenters. The van der Waals surface area contributed by atoms with E-state index in [1.165, 1.54) is 32.3 Å². The summed E-state index contributed by atoms with van der Waals surface area (Å²) in [7, 11) is -1.03. The van der Waals surface area contributed by atoms with E-state index in [-0.39, 0.29) is 21.2 Å². The van der Waals surface area contributed by atoms with Gasteiger partial charge in [-0.1, -0.05) is 23.7 Å². The number of amides is 1. The van der Waals surface area contributed by atoms with Gasteiger partial charge in [-0.2, -0.15) is 0 Å². The molecule has 7 nitrogen and oxygen atoms in total. The van der Waals surface area contributed by atoms with Crippen LogP contribution in [0.3, 0.4) is 0 Å². The van der Waals surface area contributed by atoms with Crippen molar-refractivity contribution >= 4 is 55.1 Å². The third kappa shape index (κ3) is 5.29. The zero-order valence-corrected chi connectivity index (χ0v) is 17.6. The SMILES string of the molecule is CN(C)S(=O)(=O)c1cc(NC(=O)COC(=O)c2ccccc2Br)ccc1Cl. The Kier molecular flexibility index (Phi) is 6.99. The molecule has 2 rings (SSSR count). The van der Waals surface area contributed by atoms with Gasteiger partial charge in [0, 0.05) is 24.3 Å². The number of benzene rings is 2. The zero-order valence-electron chi connectivity index (χ0n) is 14.4. The molecule has 0 radical (unpaired) electrons. The predicted octanol–water partition coefficient (Wildman–Crippen LogP) is 3.15. The minimum absolute atomic E-state index is 0.0297. The number of halogens is 2. The molecule has 0 bridgehead atoms. The van der Waals surface area contributed by atoms with Gasteiger partial charge < -0.3 is 10.1 Å². The van der Waals surface area contributed by atoms with Crippen LogP contribution in [0.2, 0.25) is 5.02 Å². The van der Waals surface area contributed by atoms with Gasteiger partial charge in [-0.05, 0) is 46.3 Å². The van der Waals surface area contributed by atoms with Crippen LogP contribution in [0.5, 0.6) is 0 Å². The molecule has 0 heterocycles. The van der Waals surface area contributed by atoms with E-state index in [9.17, 15) is 18.0 Å². The van der Waals surface area contributed by atoms with E-state index < -0.39 is 28.5 Å². The highest BCUT2D eigenvalue weighted by molar-refractivity contribution is 9.10. The van der Waals surface area contributed by atoms with Crippen molar-refractivity contribution in [1.82, 2.24) is 4.31 Å². The quantitative estimate of drug-likeness (QED) is 0.648. The van der Waals surface area contributed by atoms with E-state index in [2.05, 4.69) is 21.2 Å². The van der Waals surface area contributed by atoms with Crippen molar-refractivity contribution in [3.8, 4) is 0 Å². The van der Waals surface area contributed by atoms with E-state index in [0.717, 1.165) is 4.31 Å². The molecule has 1 N–H and O–H groups in total. The largest absolute Gasteiger partial charge is 0.452 e. The van der Waals surface area contributed by atoms with Gasteiger partial charge >= 0.3 is 5.97 Å². The molecule has 0 saturated heterocycles. The molecule has 0 spiro atoms. The second-order valence-corrected chi connectivity index (χ2v) is 8.92. The number of rotatable bonds is 6. The Balaban J connectivity index is 2.06. The Morgan fingerprint density at radius 3 is 2.48 bits per heavy atom. The van der Waals surface area contributed by atoms with Crippen LogP contribution < -0.4 is 5.32 Å². The van der Waals surface area contributed by atoms with Crippen LogP contribution in [0, 0.1) is 0 Å². The van der Waals surface area contributed by atoms with Crippen LogP contribution in [0.15, 0.2) is 51.8 Å². The summed E-state index contributed by atoms with van der Waals surface area (Å²) in [4.78, 5) is 23.9. The summed E-state index contributed by atoms with van der Waals surface area (Å²) in [5, 5.41) is 2.50. The van der Waals surface area contributed by atoms with E-state index in [4.69, 9.17) is 16.3 Å². The lowest BCUT2D eigenvalue weighted by atomic mass is 10.2. The van der Waals surface area contributed by atoms with Crippen molar-refractivity contribution in [3.05, 3.63) is 57.5 Å². The number of ether oxygens (including phenoxy) is 1. The second-order valence-electron chi connectivity index (χ2n) is 5.54. The van der Waals surface area contributed by atoms with Crippen LogP contribution in [-0.4, -0.2) is 45.3 Å². The van der Waals surface area contributed by atoms with E-state index in [1.807, 2.05) is 0 Å². The van der Waals surface area contributed by atoms with Crippen LogP contribution in [-0.2, 0) is 19.6 Å². The predicted molar refractivity (Wildman–Crippen MR) is 105 cm³/mol. The van der Waals surface area contributed by atoms with Gasteiger partial charge in [0.05, 0.1) is 10.6 Å². The maximum Gasteiger partial charge on any atom is 0.339 e. The Morgan fingerprint density at radius 2 is 1.85 bits per heavy atom. The summed E-state index contributed by atoms with van der Waals surface area (Å²) in [5.74, 6) is -1.28. The zero-order chi connectivity index (χ0) is 20.2. The summed E-state index contributed by atoms with van der Waals surface area (Å²) < 4.78 is 31.0. The fraction of sp³-hybridized carbons (Fsp3) is 0.176. The van der Waals surface area contributed by atoms with Crippen molar-refractivity contribution in [3.63, 3.8) is 0 Å². The lowest BCUT2D eigenvalue weighted by Crippen LogP contribution is -2.23. The van der Waals surface area contributed by atoms with Crippen molar-refractivity contribution < 1.29 is 22.7 Å². The highest BCUT2D eigenvalue weighted by Crippen LogP contribution is 2.26. The Hall–Kier alpha value is -1.94. The molecule has 0 atom stereocenters. The summed E-state index contributed by atoms with van der Waals surface area (Å²) in [6.45, 7) is -0.529. The molecule has 0 aromatic heterocycles. The standard InChI is InChI=1S/C17H16BrClN2O5S/c1-21(2)27(24,25)15-9-11(7-8-14(15)19)20-16(22)10-26-17(23)12-5-3-4-6-13(12)18/h3-9H,10H2,1-2H3,(H,20,22). The van der Waals surface area contributed by atoms with Gasteiger partial charge in [0.15, 0.2) is 6.61 Å².